The molecule has 2 N–H and O–H groups in total. The summed E-state index contributed by atoms with van der Waals surface area (Å²) in [6.07, 6.45) is 0.777. The summed E-state index contributed by atoms with van der Waals surface area (Å²) in [5.74, 6) is 0.0924. The number of aromatic nitrogens is 2. The maximum atomic E-state index is 13.2. The molecule has 0 atom stereocenters. The molecular weight excluding hydrogens is 322 g/mol. The number of hydrogen-bond donors (Lipinski definition) is 2. The Bertz CT molecular complexity index is 1130. The molecule has 4 heteroatoms. The average molecular weight is 339 g/mol. The Kier molecular flexibility index (Phi) is 3.35. The first-order chi connectivity index (χ1) is 12.8. The molecule has 0 fully saturated rings. The van der Waals surface area contributed by atoms with Crippen LogP contribution in [0.5, 0.6) is 0 Å². The molecule has 3 aromatic carbocycles. The zero-order chi connectivity index (χ0) is 17.5. The second-order valence-electron chi connectivity index (χ2n) is 6.51. The SMILES string of the molecule is O=C1c2c(CCNc3ccccc3)cccc2-c2n[nH]c3cccc1c23. The molecule has 1 aliphatic carbocycles. The van der Waals surface area contributed by atoms with Gasteiger partial charge in [0.05, 0.1) is 5.52 Å². The first-order valence-corrected chi connectivity index (χ1v) is 8.76. The lowest BCUT2D eigenvalue weighted by Crippen LogP contribution is -2.14. The third-order valence-corrected chi connectivity index (χ3v) is 4.96. The van der Waals surface area contributed by atoms with Crippen LogP contribution >= 0.6 is 0 Å². The average Bonchev–Trinajstić information content (AvgIpc) is 3.12. The molecule has 0 radical (unpaired) electrons. The number of nitrogens with one attached hydrogen (secondary N) is 2. The van der Waals surface area contributed by atoms with E-state index < -0.39 is 0 Å². The number of carbonyl (C=O) groups is 1. The molecule has 0 saturated carbocycles. The van der Waals surface area contributed by atoms with Gasteiger partial charge in [-0.05, 0) is 30.2 Å². The van der Waals surface area contributed by atoms with Crippen molar-refractivity contribution in [3.8, 4) is 11.3 Å². The van der Waals surface area contributed by atoms with Gasteiger partial charge in [0.2, 0.25) is 0 Å². The number of carbonyl (C=O) groups excluding carboxylic acids is 1. The summed E-state index contributed by atoms with van der Waals surface area (Å²) in [4.78, 5) is 13.2. The van der Waals surface area contributed by atoms with Gasteiger partial charge in [0.1, 0.15) is 5.69 Å². The number of nitrogens with zero attached hydrogens (tertiary/aromatic N) is 1. The topological polar surface area (TPSA) is 57.8 Å². The van der Waals surface area contributed by atoms with Gasteiger partial charge in [-0.2, -0.15) is 5.10 Å². The smallest absolute Gasteiger partial charge is 0.194 e. The molecule has 0 amide bonds. The fraction of sp³-hybridized carbons (Fsp3) is 0.0909. The number of hydrogen-bond acceptors (Lipinski definition) is 3. The van der Waals surface area contributed by atoms with E-state index in [0.717, 1.165) is 57.5 Å². The van der Waals surface area contributed by atoms with Crippen molar-refractivity contribution in [1.82, 2.24) is 10.2 Å². The molecule has 0 saturated heterocycles. The van der Waals surface area contributed by atoms with Crippen LogP contribution in [-0.4, -0.2) is 22.5 Å². The third-order valence-electron chi connectivity index (χ3n) is 4.96. The van der Waals surface area contributed by atoms with Crippen molar-refractivity contribution in [3.63, 3.8) is 0 Å². The van der Waals surface area contributed by atoms with Crippen LogP contribution in [0.4, 0.5) is 5.69 Å². The number of para-hydroxylation sites is 1. The van der Waals surface area contributed by atoms with Gasteiger partial charge in [-0.25, -0.2) is 0 Å². The zero-order valence-corrected chi connectivity index (χ0v) is 14.1. The number of ketones is 1. The quantitative estimate of drug-likeness (QED) is 0.509. The molecule has 0 aliphatic heterocycles. The first-order valence-electron chi connectivity index (χ1n) is 8.76. The second-order valence-corrected chi connectivity index (χ2v) is 6.51. The zero-order valence-electron chi connectivity index (χ0n) is 14.1. The summed E-state index contributed by atoms with van der Waals surface area (Å²) >= 11 is 0. The summed E-state index contributed by atoms with van der Waals surface area (Å²) in [5, 5.41) is 11.9. The highest BCUT2D eigenvalue weighted by Crippen LogP contribution is 2.39. The summed E-state index contributed by atoms with van der Waals surface area (Å²) in [5.41, 5.74) is 6.38. The normalized spacial score (nSPS) is 12.2. The van der Waals surface area contributed by atoms with Gasteiger partial charge in [0.15, 0.2) is 5.78 Å². The fourth-order valence-electron chi connectivity index (χ4n) is 3.76. The highest BCUT2D eigenvalue weighted by atomic mass is 16.1. The van der Waals surface area contributed by atoms with Crippen LogP contribution < -0.4 is 5.32 Å². The Morgan fingerprint density at radius 1 is 0.885 bits per heavy atom. The lowest BCUT2D eigenvalue weighted by atomic mass is 9.84. The van der Waals surface area contributed by atoms with E-state index in [9.17, 15) is 4.79 Å². The summed E-state index contributed by atoms with van der Waals surface area (Å²) in [7, 11) is 0. The highest BCUT2D eigenvalue weighted by molar-refractivity contribution is 6.25. The van der Waals surface area contributed by atoms with Crippen LogP contribution in [0.15, 0.2) is 66.7 Å². The van der Waals surface area contributed by atoms with Crippen molar-refractivity contribution in [2.75, 3.05) is 11.9 Å². The molecule has 5 rings (SSSR count). The Balaban J connectivity index is 1.52. The molecule has 0 unspecified atom stereocenters. The first kappa shape index (κ1) is 14.9. The van der Waals surface area contributed by atoms with E-state index in [1.807, 2.05) is 66.7 Å². The van der Waals surface area contributed by atoms with Crippen LogP contribution in [-0.2, 0) is 6.42 Å². The minimum Gasteiger partial charge on any atom is -0.385 e. The van der Waals surface area contributed by atoms with Gasteiger partial charge < -0.3 is 5.32 Å². The van der Waals surface area contributed by atoms with Crippen LogP contribution in [0.3, 0.4) is 0 Å². The number of benzene rings is 3. The highest BCUT2D eigenvalue weighted by Gasteiger charge is 2.29. The van der Waals surface area contributed by atoms with Crippen molar-refractivity contribution in [2.24, 2.45) is 0 Å². The van der Waals surface area contributed by atoms with Crippen LogP contribution in [0.2, 0.25) is 0 Å². The Hall–Kier alpha value is -3.40. The van der Waals surface area contributed by atoms with Crippen LogP contribution in [0.25, 0.3) is 22.2 Å². The molecule has 0 spiro atoms. The number of fused-ring (bicyclic) bond motifs is 2. The summed E-state index contributed by atoms with van der Waals surface area (Å²) < 4.78 is 0. The molecule has 26 heavy (non-hydrogen) atoms. The van der Waals surface area contributed by atoms with Crippen LogP contribution in [0, 0.1) is 0 Å². The second kappa shape index (κ2) is 5.85. The lowest BCUT2D eigenvalue weighted by Gasteiger charge is -2.18. The molecule has 1 heterocycles. The lowest BCUT2D eigenvalue weighted by molar-refractivity contribution is 0.103. The van der Waals surface area contributed by atoms with Crippen LogP contribution in [0.1, 0.15) is 21.5 Å². The van der Waals surface area contributed by atoms with Gasteiger partial charge in [0, 0.05) is 34.3 Å². The molecule has 126 valence electrons. The van der Waals surface area contributed by atoms with E-state index >= 15 is 0 Å². The van der Waals surface area contributed by atoms with E-state index in [4.69, 9.17) is 0 Å². The Morgan fingerprint density at radius 2 is 1.69 bits per heavy atom. The van der Waals surface area contributed by atoms with Gasteiger partial charge in [0.25, 0.3) is 0 Å². The predicted octanol–water partition coefficient (Wildman–Crippen LogP) is 4.43. The van der Waals surface area contributed by atoms with Crippen molar-refractivity contribution in [2.45, 2.75) is 6.42 Å². The predicted molar refractivity (Wildman–Crippen MR) is 104 cm³/mol. The Labute approximate surface area is 150 Å². The molecule has 4 aromatic rings. The van der Waals surface area contributed by atoms with E-state index in [-0.39, 0.29) is 5.78 Å². The molecule has 0 bridgehead atoms. The minimum atomic E-state index is 0.0924. The number of rotatable bonds is 4. The molecule has 4 nitrogen and oxygen atoms in total. The largest absolute Gasteiger partial charge is 0.385 e. The van der Waals surface area contributed by atoms with Gasteiger partial charge in [-0.15, -0.1) is 0 Å². The third kappa shape index (κ3) is 2.23. The molecular formula is C22H17N3O. The molecule has 1 aliphatic rings. The maximum Gasteiger partial charge on any atom is 0.194 e. The number of anilines is 1. The van der Waals surface area contributed by atoms with E-state index in [1.54, 1.807) is 0 Å². The van der Waals surface area contributed by atoms with Crippen molar-refractivity contribution >= 4 is 22.4 Å². The summed E-state index contributed by atoms with van der Waals surface area (Å²) in [6.45, 7) is 0.769. The summed E-state index contributed by atoms with van der Waals surface area (Å²) in [6, 6.07) is 21.9. The number of aromatic amines is 1. The maximum absolute atomic E-state index is 13.2. The number of H-pyrrole nitrogens is 1. The van der Waals surface area contributed by atoms with Gasteiger partial charge in [-0.1, -0.05) is 48.5 Å². The van der Waals surface area contributed by atoms with Crippen molar-refractivity contribution in [3.05, 3.63) is 83.4 Å². The van der Waals surface area contributed by atoms with Gasteiger partial charge in [-0.3, -0.25) is 9.89 Å². The standard InChI is InChI=1S/C22H17N3O/c26-22-17-10-5-11-18-20(17)21(25-24-18)16-9-4-6-14(19(16)22)12-13-23-15-7-2-1-3-8-15/h1-11,23H,12-13H2,(H,24,25). The monoisotopic (exact) mass is 339 g/mol. The van der Waals surface area contributed by atoms with E-state index in [2.05, 4.69) is 15.5 Å². The van der Waals surface area contributed by atoms with Crippen molar-refractivity contribution < 1.29 is 4.79 Å². The van der Waals surface area contributed by atoms with Crippen molar-refractivity contribution in [1.29, 1.82) is 0 Å². The molecule has 1 aromatic heterocycles. The van der Waals surface area contributed by atoms with Gasteiger partial charge >= 0.3 is 0 Å². The van der Waals surface area contributed by atoms with E-state index in [1.165, 1.54) is 0 Å². The minimum absolute atomic E-state index is 0.0924. The van der Waals surface area contributed by atoms with E-state index in [0.29, 0.717) is 0 Å². The Morgan fingerprint density at radius 3 is 2.58 bits per heavy atom. The fourth-order valence-corrected chi connectivity index (χ4v) is 3.76.